The van der Waals surface area contributed by atoms with Gasteiger partial charge in [0.15, 0.2) is 0 Å². The summed E-state index contributed by atoms with van der Waals surface area (Å²) in [4.78, 5) is 0. The van der Waals surface area contributed by atoms with Crippen molar-refractivity contribution in [2.45, 2.75) is 77.6 Å². The lowest BCUT2D eigenvalue weighted by molar-refractivity contribution is 0.554. The molecule has 19 heavy (non-hydrogen) atoms. The summed E-state index contributed by atoms with van der Waals surface area (Å²) in [7, 11) is 0. The van der Waals surface area contributed by atoms with Gasteiger partial charge in [0.2, 0.25) is 0 Å². The third-order valence-electron chi connectivity index (χ3n) is 3.55. The first kappa shape index (κ1) is 16.1. The molecular weight excluding hydrogens is 232 g/mol. The Labute approximate surface area is 119 Å². The average Bonchev–Trinajstić information content (AvgIpc) is 2.93. The Kier molecular flexibility index (Phi) is 10.2. The fraction of sp³-hybridized carbons (Fsp3) is 0.667. The summed E-state index contributed by atoms with van der Waals surface area (Å²) in [5.74, 6) is 0.965. The summed E-state index contributed by atoms with van der Waals surface area (Å²) in [6.45, 7) is 2.28. The van der Waals surface area contributed by atoms with E-state index >= 15 is 0 Å². The summed E-state index contributed by atoms with van der Waals surface area (Å²) < 4.78 is 5.25. The normalized spacial score (nSPS) is 11.4. The molecule has 0 spiro atoms. The molecule has 0 unspecified atom stereocenters. The molecule has 0 aromatic carbocycles. The van der Waals surface area contributed by atoms with Crippen LogP contribution in [0.5, 0.6) is 0 Å². The maximum atomic E-state index is 5.25. The number of rotatable bonds is 12. The van der Waals surface area contributed by atoms with Crippen LogP contribution in [0.3, 0.4) is 0 Å². The van der Waals surface area contributed by atoms with Crippen LogP contribution in [0.15, 0.2) is 28.9 Å². The van der Waals surface area contributed by atoms with E-state index < -0.39 is 0 Å². The van der Waals surface area contributed by atoms with Crippen LogP contribution in [0.25, 0.3) is 6.08 Å². The van der Waals surface area contributed by atoms with E-state index in [1.54, 1.807) is 6.26 Å². The molecule has 1 heteroatoms. The lowest BCUT2D eigenvalue weighted by atomic mass is 10.1. The number of allylic oxidation sites excluding steroid dienone is 1. The van der Waals surface area contributed by atoms with Crippen LogP contribution in [0.4, 0.5) is 0 Å². The molecule has 1 heterocycles. The van der Waals surface area contributed by atoms with Crippen LogP contribution in [-0.4, -0.2) is 0 Å². The monoisotopic (exact) mass is 262 g/mol. The molecule has 1 aromatic heterocycles. The van der Waals surface area contributed by atoms with Crippen LogP contribution < -0.4 is 0 Å². The van der Waals surface area contributed by atoms with Crippen LogP contribution >= 0.6 is 0 Å². The first-order valence-electron chi connectivity index (χ1n) is 8.13. The zero-order valence-electron chi connectivity index (χ0n) is 12.6. The third-order valence-corrected chi connectivity index (χ3v) is 3.55. The van der Waals surface area contributed by atoms with Crippen molar-refractivity contribution in [3.05, 3.63) is 30.2 Å². The molecule has 108 valence electrons. The molecule has 1 nitrogen and oxygen atoms in total. The molecule has 0 atom stereocenters. The number of hydrogen-bond donors (Lipinski definition) is 0. The molecule has 0 aliphatic heterocycles. The van der Waals surface area contributed by atoms with E-state index in [0.29, 0.717) is 0 Å². The van der Waals surface area contributed by atoms with Crippen LogP contribution in [0.2, 0.25) is 0 Å². The standard InChI is InChI=1S/C18H30O/c1-2-3-4-5-6-7-8-9-10-11-12-13-15-18-16-14-17-19-18/h13-17H,2-12H2,1H3/b15-13+. The van der Waals surface area contributed by atoms with Crippen molar-refractivity contribution in [3.63, 3.8) is 0 Å². The Hall–Kier alpha value is -0.980. The highest BCUT2D eigenvalue weighted by Crippen LogP contribution is 2.12. The van der Waals surface area contributed by atoms with Crippen molar-refractivity contribution in [3.8, 4) is 0 Å². The first-order valence-corrected chi connectivity index (χ1v) is 8.13. The third kappa shape index (κ3) is 9.58. The Morgan fingerprint density at radius 1 is 0.895 bits per heavy atom. The second-order valence-corrected chi connectivity index (χ2v) is 5.39. The zero-order chi connectivity index (χ0) is 13.6. The Bertz CT molecular complexity index is 298. The van der Waals surface area contributed by atoms with Gasteiger partial charge in [-0.15, -0.1) is 0 Å². The van der Waals surface area contributed by atoms with Gasteiger partial charge in [0.05, 0.1) is 6.26 Å². The second kappa shape index (κ2) is 12.1. The number of unbranched alkanes of at least 4 members (excludes halogenated alkanes) is 10. The van der Waals surface area contributed by atoms with Gasteiger partial charge in [0.25, 0.3) is 0 Å². The predicted molar refractivity (Wildman–Crippen MR) is 84.2 cm³/mol. The van der Waals surface area contributed by atoms with Crippen LogP contribution in [0, 0.1) is 0 Å². The van der Waals surface area contributed by atoms with Gasteiger partial charge >= 0.3 is 0 Å². The van der Waals surface area contributed by atoms with Crippen molar-refractivity contribution in [2.24, 2.45) is 0 Å². The maximum absolute atomic E-state index is 5.25. The number of furan rings is 1. The average molecular weight is 262 g/mol. The Morgan fingerprint density at radius 3 is 2.11 bits per heavy atom. The topological polar surface area (TPSA) is 13.1 Å². The molecule has 0 fully saturated rings. The van der Waals surface area contributed by atoms with E-state index in [-0.39, 0.29) is 0 Å². The van der Waals surface area contributed by atoms with Gasteiger partial charge in [0.1, 0.15) is 5.76 Å². The van der Waals surface area contributed by atoms with Crippen molar-refractivity contribution in [1.82, 2.24) is 0 Å². The Balaban J connectivity index is 1.79. The lowest BCUT2D eigenvalue weighted by Gasteiger charge is -2.01. The zero-order valence-corrected chi connectivity index (χ0v) is 12.6. The molecule has 0 aliphatic carbocycles. The molecule has 0 amide bonds. The fourth-order valence-corrected chi connectivity index (χ4v) is 2.34. The Morgan fingerprint density at radius 2 is 1.53 bits per heavy atom. The SMILES string of the molecule is CCCCCCCCCCCC/C=C/c1ccco1. The highest BCUT2D eigenvalue weighted by atomic mass is 16.3. The molecule has 0 radical (unpaired) electrons. The second-order valence-electron chi connectivity index (χ2n) is 5.39. The maximum Gasteiger partial charge on any atom is 0.126 e. The molecule has 0 N–H and O–H groups in total. The molecule has 0 saturated heterocycles. The molecule has 0 bridgehead atoms. The quantitative estimate of drug-likeness (QED) is 0.386. The lowest BCUT2D eigenvalue weighted by Crippen LogP contribution is -1.81. The molecule has 1 aromatic rings. The van der Waals surface area contributed by atoms with Crippen molar-refractivity contribution < 1.29 is 4.42 Å². The summed E-state index contributed by atoms with van der Waals surface area (Å²) in [5.41, 5.74) is 0. The summed E-state index contributed by atoms with van der Waals surface area (Å²) >= 11 is 0. The van der Waals surface area contributed by atoms with Gasteiger partial charge in [-0.2, -0.15) is 0 Å². The molecule has 0 saturated carbocycles. The van der Waals surface area contributed by atoms with Crippen LogP contribution in [-0.2, 0) is 0 Å². The smallest absolute Gasteiger partial charge is 0.126 e. The minimum atomic E-state index is 0.965. The largest absolute Gasteiger partial charge is 0.465 e. The number of hydrogen-bond acceptors (Lipinski definition) is 1. The van der Waals surface area contributed by atoms with Crippen molar-refractivity contribution in [2.75, 3.05) is 0 Å². The highest BCUT2D eigenvalue weighted by molar-refractivity contribution is 5.41. The van der Waals surface area contributed by atoms with E-state index in [2.05, 4.69) is 19.1 Å². The van der Waals surface area contributed by atoms with E-state index in [4.69, 9.17) is 4.42 Å². The first-order chi connectivity index (χ1) is 9.43. The van der Waals surface area contributed by atoms with Crippen molar-refractivity contribution >= 4 is 6.08 Å². The van der Waals surface area contributed by atoms with E-state index in [1.807, 2.05) is 12.1 Å². The van der Waals surface area contributed by atoms with Crippen molar-refractivity contribution in [1.29, 1.82) is 0 Å². The molecule has 0 aliphatic rings. The molecular formula is C18H30O. The van der Waals surface area contributed by atoms with Gasteiger partial charge in [-0.05, 0) is 31.1 Å². The van der Waals surface area contributed by atoms with Gasteiger partial charge in [-0.1, -0.05) is 70.8 Å². The summed E-state index contributed by atoms with van der Waals surface area (Å²) in [6.07, 6.45) is 21.3. The van der Waals surface area contributed by atoms with E-state index in [1.165, 1.54) is 70.6 Å². The van der Waals surface area contributed by atoms with E-state index in [0.717, 1.165) is 5.76 Å². The predicted octanol–water partition coefficient (Wildman–Crippen LogP) is 6.60. The molecule has 1 rings (SSSR count). The van der Waals surface area contributed by atoms with Gasteiger partial charge < -0.3 is 4.42 Å². The minimum absolute atomic E-state index is 0.965. The van der Waals surface area contributed by atoms with Gasteiger partial charge in [0, 0.05) is 0 Å². The minimum Gasteiger partial charge on any atom is -0.465 e. The van der Waals surface area contributed by atoms with Gasteiger partial charge in [-0.3, -0.25) is 0 Å². The van der Waals surface area contributed by atoms with E-state index in [9.17, 15) is 0 Å². The fourth-order valence-electron chi connectivity index (χ4n) is 2.34. The summed E-state index contributed by atoms with van der Waals surface area (Å²) in [6, 6.07) is 3.93. The highest BCUT2D eigenvalue weighted by Gasteiger charge is 1.92. The van der Waals surface area contributed by atoms with Gasteiger partial charge in [-0.25, -0.2) is 0 Å². The van der Waals surface area contributed by atoms with Crippen LogP contribution in [0.1, 0.15) is 83.3 Å². The summed E-state index contributed by atoms with van der Waals surface area (Å²) in [5, 5.41) is 0.